The van der Waals surface area contributed by atoms with Crippen molar-refractivity contribution in [1.82, 2.24) is 4.90 Å². The molecule has 2 heteroatoms. The van der Waals surface area contributed by atoms with Crippen molar-refractivity contribution in [1.29, 1.82) is 0 Å². The van der Waals surface area contributed by atoms with Crippen molar-refractivity contribution < 1.29 is 4.74 Å². The van der Waals surface area contributed by atoms with E-state index < -0.39 is 0 Å². The van der Waals surface area contributed by atoms with Gasteiger partial charge >= 0.3 is 0 Å². The second-order valence-electron chi connectivity index (χ2n) is 3.91. The van der Waals surface area contributed by atoms with Crippen molar-refractivity contribution in [3.05, 3.63) is 0 Å². The fourth-order valence-electron chi connectivity index (χ4n) is 2.05. The maximum atomic E-state index is 5.26. The third-order valence-corrected chi connectivity index (χ3v) is 2.90. The molecule has 0 spiro atoms. The molecule has 0 aliphatic heterocycles. The van der Waals surface area contributed by atoms with Gasteiger partial charge in [0.05, 0.1) is 6.10 Å². The predicted molar refractivity (Wildman–Crippen MR) is 51.3 cm³/mol. The molecule has 0 unspecified atom stereocenters. The second kappa shape index (κ2) is 4.24. The van der Waals surface area contributed by atoms with Gasteiger partial charge in [-0.15, -0.1) is 0 Å². The quantitative estimate of drug-likeness (QED) is 0.640. The molecule has 1 saturated carbocycles. The van der Waals surface area contributed by atoms with Crippen LogP contribution in [-0.4, -0.2) is 36.7 Å². The molecule has 1 aliphatic rings. The van der Waals surface area contributed by atoms with Crippen molar-refractivity contribution in [2.24, 2.45) is 0 Å². The third-order valence-electron chi connectivity index (χ3n) is 2.90. The monoisotopic (exact) mass is 171 g/mol. The van der Waals surface area contributed by atoms with Crippen molar-refractivity contribution in [3.8, 4) is 0 Å². The van der Waals surface area contributed by atoms with E-state index in [9.17, 15) is 0 Å². The van der Waals surface area contributed by atoms with E-state index in [-0.39, 0.29) is 0 Å². The van der Waals surface area contributed by atoms with Gasteiger partial charge in [0.2, 0.25) is 0 Å². The summed E-state index contributed by atoms with van der Waals surface area (Å²) >= 11 is 0. The fourth-order valence-corrected chi connectivity index (χ4v) is 2.05. The molecule has 0 atom stereocenters. The highest BCUT2D eigenvalue weighted by molar-refractivity contribution is 4.88. The third kappa shape index (κ3) is 1.99. The Balaban J connectivity index is 2.29. The highest BCUT2D eigenvalue weighted by Crippen LogP contribution is 2.28. The molecule has 0 amide bonds. The number of methoxy groups -OCH3 is 1. The minimum atomic E-state index is 0.530. The molecule has 2 nitrogen and oxygen atoms in total. The summed E-state index contributed by atoms with van der Waals surface area (Å²) in [6.45, 7) is 7.94. The van der Waals surface area contributed by atoms with Crippen molar-refractivity contribution in [2.45, 2.75) is 51.8 Å². The maximum Gasteiger partial charge on any atom is 0.0601 e. The lowest BCUT2D eigenvalue weighted by atomic mass is 9.87. The molecule has 0 aromatic heterocycles. The largest absolute Gasteiger partial charge is 0.381 e. The van der Waals surface area contributed by atoms with E-state index in [2.05, 4.69) is 25.7 Å². The van der Waals surface area contributed by atoms with Gasteiger partial charge in [0, 0.05) is 19.2 Å². The Bertz CT molecular complexity index is 130. The zero-order valence-electron chi connectivity index (χ0n) is 8.71. The molecule has 72 valence electrons. The average Bonchev–Trinajstić information content (AvgIpc) is 1.94. The Morgan fingerprint density at radius 2 is 2.00 bits per heavy atom. The van der Waals surface area contributed by atoms with Crippen LogP contribution in [0.2, 0.25) is 0 Å². The SMILES string of the molecule is CCN(C(C)C)C1CC(OC)C1. The van der Waals surface area contributed by atoms with Gasteiger partial charge in [-0.2, -0.15) is 0 Å². The first-order chi connectivity index (χ1) is 5.69. The minimum Gasteiger partial charge on any atom is -0.381 e. The Morgan fingerprint density at radius 1 is 1.42 bits per heavy atom. The molecule has 0 aromatic rings. The smallest absolute Gasteiger partial charge is 0.0601 e. The van der Waals surface area contributed by atoms with Crippen molar-refractivity contribution in [3.63, 3.8) is 0 Å². The second-order valence-corrected chi connectivity index (χ2v) is 3.91. The Kier molecular flexibility index (Phi) is 3.53. The summed E-state index contributed by atoms with van der Waals surface area (Å²) in [4.78, 5) is 2.55. The summed E-state index contributed by atoms with van der Waals surface area (Å²) < 4.78 is 5.26. The molecule has 0 N–H and O–H groups in total. The van der Waals surface area contributed by atoms with Gasteiger partial charge in [-0.05, 0) is 33.2 Å². The summed E-state index contributed by atoms with van der Waals surface area (Å²) in [5, 5.41) is 0. The van der Waals surface area contributed by atoms with Gasteiger partial charge in [0.25, 0.3) is 0 Å². The van der Waals surface area contributed by atoms with Crippen LogP contribution in [0.25, 0.3) is 0 Å². The van der Waals surface area contributed by atoms with Gasteiger partial charge in [-0.25, -0.2) is 0 Å². The van der Waals surface area contributed by atoms with Crippen LogP contribution in [0.4, 0.5) is 0 Å². The Hall–Kier alpha value is -0.0800. The van der Waals surface area contributed by atoms with Gasteiger partial charge < -0.3 is 4.74 Å². The Labute approximate surface area is 75.9 Å². The van der Waals surface area contributed by atoms with Crippen LogP contribution in [0, 0.1) is 0 Å². The molecular formula is C10H21NO. The zero-order chi connectivity index (χ0) is 9.14. The van der Waals surface area contributed by atoms with E-state index in [4.69, 9.17) is 4.74 Å². The van der Waals surface area contributed by atoms with Gasteiger partial charge in [0.15, 0.2) is 0 Å². The van der Waals surface area contributed by atoms with Crippen LogP contribution in [0.5, 0.6) is 0 Å². The molecule has 0 saturated heterocycles. The molecule has 0 heterocycles. The number of ether oxygens (including phenoxy) is 1. The van der Waals surface area contributed by atoms with Crippen LogP contribution in [0.1, 0.15) is 33.6 Å². The van der Waals surface area contributed by atoms with Crippen molar-refractivity contribution >= 4 is 0 Å². The molecule has 0 aromatic carbocycles. The van der Waals surface area contributed by atoms with E-state index >= 15 is 0 Å². The summed E-state index contributed by atoms with van der Waals surface area (Å²) in [6.07, 6.45) is 2.98. The van der Waals surface area contributed by atoms with E-state index in [0.717, 1.165) is 6.04 Å². The van der Waals surface area contributed by atoms with Gasteiger partial charge in [-0.1, -0.05) is 6.92 Å². The first kappa shape index (κ1) is 10.0. The Morgan fingerprint density at radius 3 is 2.33 bits per heavy atom. The molecule has 12 heavy (non-hydrogen) atoms. The molecule has 1 fully saturated rings. The average molecular weight is 171 g/mol. The molecular weight excluding hydrogens is 150 g/mol. The topological polar surface area (TPSA) is 12.5 Å². The lowest BCUT2D eigenvalue weighted by Gasteiger charge is -2.43. The van der Waals surface area contributed by atoms with Crippen molar-refractivity contribution in [2.75, 3.05) is 13.7 Å². The lowest BCUT2D eigenvalue weighted by molar-refractivity contribution is -0.0347. The standard InChI is InChI=1S/C10H21NO/c1-5-11(8(2)3)9-6-10(7-9)12-4/h8-10H,5-7H2,1-4H3. The predicted octanol–water partition coefficient (Wildman–Crippen LogP) is 1.89. The molecule has 1 aliphatic carbocycles. The van der Waals surface area contributed by atoms with Crippen LogP contribution < -0.4 is 0 Å². The van der Waals surface area contributed by atoms with E-state index in [1.165, 1.54) is 19.4 Å². The number of hydrogen-bond acceptors (Lipinski definition) is 2. The summed E-state index contributed by atoms with van der Waals surface area (Å²) in [6, 6.07) is 1.46. The van der Waals surface area contributed by atoms with Crippen LogP contribution >= 0.6 is 0 Å². The number of nitrogens with zero attached hydrogens (tertiary/aromatic N) is 1. The molecule has 1 rings (SSSR count). The van der Waals surface area contributed by atoms with E-state index in [1.54, 1.807) is 0 Å². The first-order valence-corrected chi connectivity index (χ1v) is 4.97. The van der Waals surface area contributed by atoms with Crippen LogP contribution in [0.3, 0.4) is 0 Å². The molecule has 0 bridgehead atoms. The maximum absolute atomic E-state index is 5.26. The van der Waals surface area contributed by atoms with E-state index in [0.29, 0.717) is 12.1 Å². The van der Waals surface area contributed by atoms with E-state index in [1.807, 2.05) is 7.11 Å². The van der Waals surface area contributed by atoms with Gasteiger partial charge in [-0.3, -0.25) is 4.90 Å². The van der Waals surface area contributed by atoms with Gasteiger partial charge in [0.1, 0.15) is 0 Å². The first-order valence-electron chi connectivity index (χ1n) is 4.97. The minimum absolute atomic E-state index is 0.530. The lowest BCUT2D eigenvalue weighted by Crippen LogP contribution is -2.50. The normalized spacial score (nSPS) is 29.5. The number of rotatable bonds is 4. The van der Waals surface area contributed by atoms with Crippen LogP contribution in [-0.2, 0) is 4.74 Å². The highest BCUT2D eigenvalue weighted by Gasteiger charge is 2.33. The highest BCUT2D eigenvalue weighted by atomic mass is 16.5. The fraction of sp³-hybridized carbons (Fsp3) is 1.00. The molecule has 0 radical (unpaired) electrons. The summed E-state index contributed by atoms with van der Waals surface area (Å²) in [7, 11) is 1.81. The summed E-state index contributed by atoms with van der Waals surface area (Å²) in [5.74, 6) is 0. The van der Waals surface area contributed by atoms with Crippen LogP contribution in [0.15, 0.2) is 0 Å². The number of hydrogen-bond donors (Lipinski definition) is 0. The zero-order valence-corrected chi connectivity index (χ0v) is 8.71. The summed E-state index contributed by atoms with van der Waals surface area (Å²) in [5.41, 5.74) is 0.